The van der Waals surface area contributed by atoms with E-state index >= 15 is 0 Å². The van der Waals surface area contributed by atoms with Crippen LogP contribution >= 0.6 is 11.6 Å². The van der Waals surface area contributed by atoms with E-state index in [1.165, 1.54) is 4.90 Å². The first-order chi connectivity index (χ1) is 15.4. The van der Waals surface area contributed by atoms with Gasteiger partial charge < -0.3 is 24.8 Å². The molecule has 32 heavy (non-hydrogen) atoms. The number of alkyl halides is 1. The summed E-state index contributed by atoms with van der Waals surface area (Å²) in [4.78, 5) is 22.4. The number of aromatic nitrogens is 2. The fourth-order valence-corrected chi connectivity index (χ4v) is 4.01. The van der Waals surface area contributed by atoms with Crippen molar-refractivity contribution in [3.05, 3.63) is 34.6 Å². The lowest BCUT2D eigenvalue weighted by atomic mass is 10.1. The Morgan fingerprint density at radius 1 is 1.28 bits per heavy atom. The molecule has 0 saturated carbocycles. The molecular weight excluding hydrogens is 439 g/mol. The van der Waals surface area contributed by atoms with Crippen molar-refractivity contribution < 1.29 is 23.8 Å². The van der Waals surface area contributed by atoms with Gasteiger partial charge in [-0.2, -0.15) is 0 Å². The van der Waals surface area contributed by atoms with Crippen molar-refractivity contribution in [2.75, 3.05) is 38.8 Å². The fourth-order valence-electron chi connectivity index (χ4n) is 3.75. The van der Waals surface area contributed by atoms with Crippen molar-refractivity contribution in [3.8, 4) is 17.0 Å². The fraction of sp³-hybridized carbons (Fsp3) is 0.500. The van der Waals surface area contributed by atoms with Gasteiger partial charge in [-0.05, 0) is 31.0 Å². The highest BCUT2D eigenvalue weighted by Gasteiger charge is 2.36. The summed E-state index contributed by atoms with van der Waals surface area (Å²) >= 11 is 6.49. The Bertz CT molecular complexity index is 962. The number of hydrogen-bond acceptors (Lipinski definition) is 6. The molecule has 0 unspecified atom stereocenters. The predicted octanol–water partition coefficient (Wildman–Crippen LogP) is 4.06. The molecule has 1 amide bonds. The standard InChI is InChI=1S/C22H28ClFN4O4/c1-4-16-20(14-7-6-13(31-3)10-15(14)23)25-17(5-2)21(26-16)27-18-11-28(22(29)30)12-19(18)32-9-8-24/h6-7,10,18-19H,4-5,8-9,11-12H2,1-3H3,(H,26,27)(H,29,30)/t18-,19+/m1/s1. The third-order valence-corrected chi connectivity index (χ3v) is 5.72. The summed E-state index contributed by atoms with van der Waals surface area (Å²) in [7, 11) is 1.58. The van der Waals surface area contributed by atoms with Crippen molar-refractivity contribution in [1.29, 1.82) is 0 Å². The number of hydrogen-bond donors (Lipinski definition) is 2. The highest BCUT2D eigenvalue weighted by atomic mass is 35.5. The van der Waals surface area contributed by atoms with Crippen LogP contribution in [0.4, 0.5) is 15.0 Å². The molecule has 0 spiro atoms. The van der Waals surface area contributed by atoms with Gasteiger partial charge in [-0.3, -0.25) is 0 Å². The largest absolute Gasteiger partial charge is 0.497 e. The number of benzene rings is 1. The third-order valence-electron chi connectivity index (χ3n) is 5.41. The minimum Gasteiger partial charge on any atom is -0.497 e. The van der Waals surface area contributed by atoms with Crippen molar-refractivity contribution >= 4 is 23.5 Å². The smallest absolute Gasteiger partial charge is 0.407 e. The maximum Gasteiger partial charge on any atom is 0.407 e. The monoisotopic (exact) mass is 466 g/mol. The van der Waals surface area contributed by atoms with Gasteiger partial charge in [0.1, 0.15) is 18.2 Å². The molecule has 0 aliphatic carbocycles. The first-order valence-electron chi connectivity index (χ1n) is 10.6. The van der Waals surface area contributed by atoms with E-state index in [1.54, 1.807) is 13.2 Å². The summed E-state index contributed by atoms with van der Waals surface area (Å²) in [6.07, 6.45) is -0.291. The number of rotatable bonds is 9. The normalized spacial score (nSPS) is 18.1. The van der Waals surface area contributed by atoms with E-state index in [0.717, 1.165) is 17.0 Å². The van der Waals surface area contributed by atoms with Gasteiger partial charge in [-0.25, -0.2) is 19.2 Å². The first kappa shape index (κ1) is 24.0. The Hall–Kier alpha value is -2.65. The molecular formula is C22H28ClFN4O4. The minimum atomic E-state index is -1.04. The van der Waals surface area contributed by atoms with E-state index in [4.69, 9.17) is 31.0 Å². The molecule has 10 heteroatoms. The van der Waals surface area contributed by atoms with E-state index < -0.39 is 18.9 Å². The number of carboxylic acid groups (broad SMARTS) is 1. The van der Waals surface area contributed by atoms with Crippen LogP contribution in [0.15, 0.2) is 18.2 Å². The molecule has 174 valence electrons. The molecule has 2 atom stereocenters. The van der Waals surface area contributed by atoms with Crippen LogP contribution in [0.1, 0.15) is 25.2 Å². The minimum absolute atomic E-state index is 0.0856. The van der Waals surface area contributed by atoms with Gasteiger partial charge in [0.2, 0.25) is 0 Å². The van der Waals surface area contributed by atoms with Crippen LogP contribution in [0.3, 0.4) is 0 Å². The quantitative estimate of drug-likeness (QED) is 0.575. The summed E-state index contributed by atoms with van der Waals surface area (Å²) in [6, 6.07) is 5.06. The molecule has 0 bridgehead atoms. The van der Waals surface area contributed by atoms with Gasteiger partial charge in [0, 0.05) is 12.1 Å². The molecule has 1 aromatic heterocycles. The Kier molecular flexibility index (Phi) is 8.09. The molecule has 1 saturated heterocycles. The number of nitrogens with zero attached hydrogens (tertiary/aromatic N) is 3. The number of aryl methyl sites for hydroxylation is 2. The Morgan fingerprint density at radius 3 is 2.62 bits per heavy atom. The van der Waals surface area contributed by atoms with Crippen LogP contribution in [-0.4, -0.2) is 71.7 Å². The molecule has 2 aromatic rings. The Morgan fingerprint density at radius 2 is 2.03 bits per heavy atom. The van der Waals surface area contributed by atoms with Crippen LogP contribution in [0.2, 0.25) is 5.02 Å². The predicted molar refractivity (Wildman–Crippen MR) is 121 cm³/mol. The molecule has 1 aliphatic rings. The molecule has 2 N–H and O–H groups in total. The molecule has 1 aromatic carbocycles. The second-order valence-corrected chi connectivity index (χ2v) is 7.81. The number of ether oxygens (including phenoxy) is 2. The third kappa shape index (κ3) is 5.21. The number of nitrogens with one attached hydrogen (secondary N) is 1. The maximum absolute atomic E-state index is 12.6. The first-order valence-corrected chi connectivity index (χ1v) is 10.9. The molecule has 1 aliphatic heterocycles. The molecule has 0 radical (unpaired) electrons. The molecule has 1 fully saturated rings. The van der Waals surface area contributed by atoms with Crippen molar-refractivity contribution in [2.24, 2.45) is 0 Å². The number of anilines is 1. The Balaban J connectivity index is 1.94. The van der Waals surface area contributed by atoms with Gasteiger partial charge in [0.05, 0.1) is 54.5 Å². The number of likely N-dealkylation sites (tertiary alicyclic amines) is 1. The summed E-state index contributed by atoms with van der Waals surface area (Å²) in [6.45, 7) is 3.61. The maximum atomic E-state index is 12.6. The zero-order chi connectivity index (χ0) is 23.3. The van der Waals surface area contributed by atoms with E-state index in [-0.39, 0.29) is 25.7 Å². The lowest BCUT2D eigenvalue weighted by Gasteiger charge is -2.22. The highest BCUT2D eigenvalue weighted by molar-refractivity contribution is 6.33. The van der Waals surface area contributed by atoms with Crippen LogP contribution in [-0.2, 0) is 17.6 Å². The van der Waals surface area contributed by atoms with E-state index in [0.29, 0.717) is 35.1 Å². The summed E-state index contributed by atoms with van der Waals surface area (Å²) < 4.78 is 23.4. The number of halogens is 2. The van der Waals surface area contributed by atoms with Gasteiger partial charge in [-0.15, -0.1) is 0 Å². The van der Waals surface area contributed by atoms with Crippen LogP contribution in [0, 0.1) is 0 Å². The summed E-state index contributed by atoms with van der Waals surface area (Å²) in [5, 5.41) is 13.2. The van der Waals surface area contributed by atoms with Crippen LogP contribution in [0.5, 0.6) is 5.75 Å². The van der Waals surface area contributed by atoms with Crippen LogP contribution in [0.25, 0.3) is 11.3 Å². The number of amides is 1. The van der Waals surface area contributed by atoms with Gasteiger partial charge >= 0.3 is 6.09 Å². The topological polar surface area (TPSA) is 96.8 Å². The average Bonchev–Trinajstić information content (AvgIpc) is 3.20. The van der Waals surface area contributed by atoms with Crippen LogP contribution < -0.4 is 10.1 Å². The molecule has 3 rings (SSSR count). The molecule has 2 heterocycles. The summed E-state index contributed by atoms with van der Waals surface area (Å²) in [5.74, 6) is 1.23. The van der Waals surface area contributed by atoms with E-state index in [2.05, 4.69) is 5.32 Å². The molecule has 8 nitrogen and oxygen atoms in total. The zero-order valence-electron chi connectivity index (χ0n) is 18.4. The highest BCUT2D eigenvalue weighted by Crippen LogP contribution is 2.33. The second-order valence-electron chi connectivity index (χ2n) is 7.40. The second kappa shape index (κ2) is 10.8. The van der Waals surface area contributed by atoms with Crippen molar-refractivity contribution in [1.82, 2.24) is 14.9 Å². The van der Waals surface area contributed by atoms with E-state index in [1.807, 2.05) is 26.0 Å². The van der Waals surface area contributed by atoms with E-state index in [9.17, 15) is 14.3 Å². The lowest BCUT2D eigenvalue weighted by molar-refractivity contribution is 0.0452. The van der Waals surface area contributed by atoms with Gasteiger partial charge in [0.25, 0.3) is 0 Å². The summed E-state index contributed by atoms with van der Waals surface area (Å²) in [5.41, 5.74) is 2.94. The van der Waals surface area contributed by atoms with Gasteiger partial charge in [0.15, 0.2) is 0 Å². The van der Waals surface area contributed by atoms with Gasteiger partial charge in [-0.1, -0.05) is 25.4 Å². The lowest BCUT2D eigenvalue weighted by Crippen LogP contribution is -2.35. The van der Waals surface area contributed by atoms with Crippen molar-refractivity contribution in [2.45, 2.75) is 38.8 Å². The number of methoxy groups -OCH3 is 1. The average molecular weight is 467 g/mol. The SMILES string of the molecule is CCc1nc(-c2ccc(OC)cc2Cl)c(CC)nc1N[C@@H]1CN(C(=O)O)C[C@@H]1OCCF. The van der Waals surface area contributed by atoms with Crippen molar-refractivity contribution in [3.63, 3.8) is 0 Å². The Labute approximate surface area is 191 Å². The zero-order valence-corrected chi connectivity index (χ0v) is 19.2. The number of carbonyl (C=O) groups is 1.